The molecular weight excluding hydrogens is 384 g/mol. The van der Waals surface area contributed by atoms with Gasteiger partial charge < -0.3 is 4.74 Å². The van der Waals surface area contributed by atoms with Crippen molar-refractivity contribution in [3.05, 3.63) is 65.2 Å². The van der Waals surface area contributed by atoms with Gasteiger partial charge in [0, 0.05) is 17.1 Å². The van der Waals surface area contributed by atoms with Crippen LogP contribution in [0.4, 0.5) is 0 Å². The lowest BCUT2D eigenvalue weighted by Gasteiger charge is -2.11. The lowest BCUT2D eigenvalue weighted by Crippen LogP contribution is -2.28. The molecule has 0 saturated heterocycles. The Labute approximate surface area is 167 Å². The predicted molar refractivity (Wildman–Crippen MR) is 107 cm³/mol. The topological polar surface area (TPSA) is 59.0 Å². The molecule has 0 aromatic heterocycles. The lowest BCUT2D eigenvalue weighted by molar-refractivity contribution is -0.151. The fourth-order valence-electron chi connectivity index (χ4n) is 2.57. The molecule has 0 fully saturated rings. The molecule has 0 spiro atoms. The van der Waals surface area contributed by atoms with Gasteiger partial charge in [-0.15, -0.1) is 11.8 Å². The monoisotopic (exact) mass is 402 g/mol. The normalized spacial score (nSPS) is 13.4. The molecule has 3 rings (SSSR count). The van der Waals surface area contributed by atoms with Gasteiger partial charge in [-0.1, -0.05) is 54.1 Å². The molecule has 2 aromatic rings. The van der Waals surface area contributed by atoms with E-state index in [1.165, 1.54) is 16.8 Å². The number of ether oxygens (including phenoxy) is 1. The van der Waals surface area contributed by atoms with Gasteiger partial charge in [-0.25, -0.2) is 5.01 Å². The van der Waals surface area contributed by atoms with Gasteiger partial charge in [0.1, 0.15) is 0 Å². The van der Waals surface area contributed by atoms with Crippen molar-refractivity contribution in [2.45, 2.75) is 17.7 Å². The molecule has 1 aliphatic rings. The smallest absolute Gasteiger partial charge is 0.307 e. The molecule has 1 amide bonds. The Hall–Kier alpha value is -2.31. The van der Waals surface area contributed by atoms with E-state index in [1.807, 2.05) is 48.5 Å². The van der Waals surface area contributed by atoms with Gasteiger partial charge in [-0.3, -0.25) is 9.59 Å². The molecule has 0 aliphatic carbocycles. The first kappa shape index (κ1) is 19.5. The molecule has 27 heavy (non-hydrogen) atoms. The van der Waals surface area contributed by atoms with Crippen molar-refractivity contribution in [3.63, 3.8) is 0 Å². The molecule has 7 heteroatoms. The van der Waals surface area contributed by atoms with E-state index in [2.05, 4.69) is 5.10 Å². The number of rotatable bonds is 7. The van der Waals surface area contributed by atoms with E-state index in [0.717, 1.165) is 16.2 Å². The fraction of sp³-hybridized carbons (Fsp3) is 0.250. The van der Waals surface area contributed by atoms with Crippen molar-refractivity contribution in [2.24, 2.45) is 5.10 Å². The van der Waals surface area contributed by atoms with Crippen LogP contribution in [-0.4, -0.2) is 41.5 Å². The second-order valence-corrected chi connectivity index (χ2v) is 7.41. The number of hydrazone groups is 1. The first-order valence-electron chi connectivity index (χ1n) is 8.59. The number of carbonyl (C=O) groups excluding carboxylic acids is 2. The van der Waals surface area contributed by atoms with Gasteiger partial charge in [0.15, 0.2) is 6.61 Å². The van der Waals surface area contributed by atoms with Crippen LogP contribution >= 0.6 is 23.4 Å². The van der Waals surface area contributed by atoms with E-state index in [-0.39, 0.29) is 18.9 Å². The van der Waals surface area contributed by atoms with Crippen LogP contribution in [0.2, 0.25) is 5.02 Å². The third kappa shape index (κ3) is 5.58. The molecule has 1 heterocycles. The maximum Gasteiger partial charge on any atom is 0.307 e. The molecule has 0 N–H and O–H groups in total. The van der Waals surface area contributed by atoms with E-state index in [1.54, 1.807) is 6.07 Å². The second kappa shape index (κ2) is 9.58. The zero-order valence-corrected chi connectivity index (χ0v) is 16.2. The lowest BCUT2D eigenvalue weighted by atomic mass is 10.1. The van der Waals surface area contributed by atoms with Crippen molar-refractivity contribution in [3.8, 4) is 0 Å². The Morgan fingerprint density at radius 2 is 1.85 bits per heavy atom. The van der Waals surface area contributed by atoms with E-state index in [0.29, 0.717) is 23.7 Å². The summed E-state index contributed by atoms with van der Waals surface area (Å²) in [6.07, 6.45) is 0.903. The van der Waals surface area contributed by atoms with Crippen molar-refractivity contribution < 1.29 is 14.3 Å². The van der Waals surface area contributed by atoms with Gasteiger partial charge in [-0.05, 0) is 17.7 Å². The number of nitrogens with zero attached hydrogens (tertiary/aromatic N) is 2. The van der Waals surface area contributed by atoms with Crippen LogP contribution in [0, 0.1) is 0 Å². The first-order chi connectivity index (χ1) is 13.1. The van der Waals surface area contributed by atoms with Crippen molar-refractivity contribution in [2.75, 3.05) is 18.9 Å². The maximum atomic E-state index is 12.2. The van der Waals surface area contributed by atoms with Gasteiger partial charge in [-0.2, -0.15) is 5.10 Å². The van der Waals surface area contributed by atoms with Gasteiger partial charge in [0.2, 0.25) is 0 Å². The molecule has 0 radical (unpaired) electrons. The average molecular weight is 403 g/mol. The average Bonchev–Trinajstić information content (AvgIpc) is 3.19. The fourth-order valence-corrected chi connectivity index (χ4v) is 3.73. The summed E-state index contributed by atoms with van der Waals surface area (Å²) >= 11 is 7.55. The summed E-state index contributed by atoms with van der Waals surface area (Å²) < 4.78 is 5.08. The molecule has 0 unspecified atom stereocenters. The van der Waals surface area contributed by atoms with E-state index >= 15 is 0 Å². The molecule has 0 atom stereocenters. The van der Waals surface area contributed by atoms with Crippen LogP contribution in [-0.2, 0) is 14.3 Å². The highest BCUT2D eigenvalue weighted by molar-refractivity contribution is 7.99. The van der Waals surface area contributed by atoms with Gasteiger partial charge in [0.05, 0.1) is 23.7 Å². The van der Waals surface area contributed by atoms with Crippen LogP contribution in [0.1, 0.15) is 18.4 Å². The van der Waals surface area contributed by atoms with Crippen molar-refractivity contribution in [1.29, 1.82) is 0 Å². The van der Waals surface area contributed by atoms with Gasteiger partial charge >= 0.3 is 5.97 Å². The van der Waals surface area contributed by atoms with E-state index in [4.69, 9.17) is 16.3 Å². The standard InChI is InChI=1S/C20H19ClN2O3S/c21-16-8-4-5-9-18(16)27-13-11-20(25)26-14-19(24)23-12-10-17(22-23)15-6-2-1-3-7-15/h1-9H,10-14H2. The summed E-state index contributed by atoms with van der Waals surface area (Å²) in [7, 11) is 0. The van der Waals surface area contributed by atoms with Crippen molar-refractivity contribution in [1.82, 2.24) is 5.01 Å². The zero-order chi connectivity index (χ0) is 19.1. The Kier molecular flexibility index (Phi) is 6.90. The minimum atomic E-state index is -0.408. The number of hydrogen-bond donors (Lipinski definition) is 0. The summed E-state index contributed by atoms with van der Waals surface area (Å²) in [5.74, 6) is -0.182. The number of carbonyl (C=O) groups is 2. The third-order valence-electron chi connectivity index (χ3n) is 3.95. The molecule has 5 nitrogen and oxygen atoms in total. The number of thioether (sulfide) groups is 1. The Balaban J connectivity index is 1.41. The second-order valence-electron chi connectivity index (χ2n) is 5.87. The third-order valence-corrected chi connectivity index (χ3v) is 5.47. The summed E-state index contributed by atoms with van der Waals surface area (Å²) in [4.78, 5) is 25.0. The van der Waals surface area contributed by atoms with E-state index < -0.39 is 5.97 Å². The highest BCUT2D eigenvalue weighted by Gasteiger charge is 2.22. The quantitative estimate of drug-likeness (QED) is 0.518. The maximum absolute atomic E-state index is 12.2. The van der Waals surface area contributed by atoms with Crippen LogP contribution in [0.15, 0.2) is 64.6 Å². The predicted octanol–water partition coefficient (Wildman–Crippen LogP) is 4.00. The van der Waals surface area contributed by atoms with Crippen LogP contribution in [0.5, 0.6) is 0 Å². The first-order valence-corrected chi connectivity index (χ1v) is 9.96. The Bertz CT molecular complexity index is 842. The summed E-state index contributed by atoms with van der Waals surface area (Å²) in [5, 5.41) is 6.37. The highest BCUT2D eigenvalue weighted by Crippen LogP contribution is 2.26. The number of hydrogen-bond acceptors (Lipinski definition) is 5. The number of benzene rings is 2. The number of esters is 1. The van der Waals surface area contributed by atoms with Crippen LogP contribution in [0.3, 0.4) is 0 Å². The molecular formula is C20H19ClN2O3S. The highest BCUT2D eigenvalue weighted by atomic mass is 35.5. The zero-order valence-electron chi connectivity index (χ0n) is 14.6. The number of amides is 1. The van der Waals surface area contributed by atoms with Crippen LogP contribution < -0.4 is 0 Å². The molecule has 140 valence electrons. The van der Waals surface area contributed by atoms with Crippen molar-refractivity contribution >= 4 is 41.0 Å². The Morgan fingerprint density at radius 3 is 2.63 bits per heavy atom. The molecule has 0 bridgehead atoms. The SMILES string of the molecule is O=C(CCSc1ccccc1Cl)OCC(=O)N1CCC(c2ccccc2)=N1. The minimum Gasteiger partial charge on any atom is -0.455 e. The molecule has 2 aromatic carbocycles. The number of halogens is 1. The molecule has 0 saturated carbocycles. The summed E-state index contributed by atoms with van der Waals surface area (Å²) in [6.45, 7) is 0.212. The molecule has 1 aliphatic heterocycles. The summed E-state index contributed by atoms with van der Waals surface area (Å²) in [6, 6.07) is 17.2. The van der Waals surface area contributed by atoms with Gasteiger partial charge in [0.25, 0.3) is 5.91 Å². The van der Waals surface area contributed by atoms with Crippen LogP contribution in [0.25, 0.3) is 0 Å². The minimum absolute atomic E-state index is 0.210. The largest absolute Gasteiger partial charge is 0.455 e. The summed E-state index contributed by atoms with van der Waals surface area (Å²) in [5.41, 5.74) is 1.87. The Morgan fingerprint density at radius 1 is 1.11 bits per heavy atom. The van der Waals surface area contributed by atoms with E-state index in [9.17, 15) is 9.59 Å².